The molecular weight excluding hydrogens is 441 g/mol. The highest BCUT2D eigenvalue weighted by Gasteiger charge is 2.22. The van der Waals surface area contributed by atoms with E-state index in [1.807, 2.05) is 0 Å². The fourth-order valence-corrected chi connectivity index (χ4v) is 2.94. The Morgan fingerprint density at radius 1 is 1.27 bits per heavy atom. The van der Waals surface area contributed by atoms with Crippen molar-refractivity contribution in [1.29, 1.82) is 0 Å². The summed E-state index contributed by atoms with van der Waals surface area (Å²) < 4.78 is 11.7. The van der Waals surface area contributed by atoms with Crippen LogP contribution in [0.4, 0.5) is 0 Å². The van der Waals surface area contributed by atoms with Gasteiger partial charge in [0.25, 0.3) is 0 Å². The van der Waals surface area contributed by atoms with Crippen LogP contribution >= 0.6 is 24.0 Å². The molecule has 1 atom stereocenters. The predicted molar refractivity (Wildman–Crippen MR) is 117 cm³/mol. The second kappa shape index (κ2) is 11.0. The third-order valence-corrected chi connectivity index (χ3v) is 4.67. The van der Waals surface area contributed by atoms with E-state index in [1.54, 1.807) is 0 Å². The number of benzene rings is 1. The molecule has 0 radical (unpaired) electrons. The smallest absolute Gasteiger partial charge is 0.191 e. The Balaban J connectivity index is 0.00000243. The first-order chi connectivity index (χ1) is 12.2. The van der Waals surface area contributed by atoms with E-state index in [4.69, 9.17) is 14.5 Å². The maximum atomic E-state index is 6.05. The zero-order valence-corrected chi connectivity index (χ0v) is 18.3. The van der Waals surface area contributed by atoms with Crippen LogP contribution in [0.1, 0.15) is 43.7 Å². The SMILES string of the molecule is CCNC(=NCc1ccc(C)cc1OCC1CC1)NCC1CCCO1.I. The minimum absolute atomic E-state index is 0. The molecule has 3 rings (SSSR count). The number of aliphatic imine (C=N–C) groups is 1. The van der Waals surface area contributed by atoms with Crippen LogP contribution < -0.4 is 15.4 Å². The largest absolute Gasteiger partial charge is 0.493 e. The molecule has 1 saturated carbocycles. The van der Waals surface area contributed by atoms with Gasteiger partial charge >= 0.3 is 0 Å². The molecule has 0 spiro atoms. The van der Waals surface area contributed by atoms with E-state index in [0.717, 1.165) is 62.3 Å². The van der Waals surface area contributed by atoms with E-state index in [2.05, 4.69) is 42.7 Å². The first kappa shape index (κ1) is 21.3. The van der Waals surface area contributed by atoms with Crippen molar-refractivity contribution in [3.63, 3.8) is 0 Å². The number of hydrogen-bond acceptors (Lipinski definition) is 3. The van der Waals surface area contributed by atoms with E-state index in [0.29, 0.717) is 12.6 Å². The molecule has 1 heterocycles. The van der Waals surface area contributed by atoms with E-state index in [-0.39, 0.29) is 24.0 Å². The lowest BCUT2D eigenvalue weighted by atomic mass is 10.1. The number of halogens is 1. The molecule has 0 aromatic heterocycles. The Hall–Kier alpha value is -1.02. The van der Waals surface area contributed by atoms with Crippen molar-refractivity contribution in [3.05, 3.63) is 29.3 Å². The van der Waals surface area contributed by atoms with Crippen molar-refractivity contribution in [2.75, 3.05) is 26.3 Å². The number of guanidine groups is 1. The summed E-state index contributed by atoms with van der Waals surface area (Å²) in [4.78, 5) is 4.74. The van der Waals surface area contributed by atoms with E-state index in [9.17, 15) is 0 Å². The van der Waals surface area contributed by atoms with Crippen LogP contribution in [0, 0.1) is 12.8 Å². The fourth-order valence-electron chi connectivity index (χ4n) is 2.94. The van der Waals surface area contributed by atoms with Gasteiger partial charge in [-0.25, -0.2) is 4.99 Å². The molecule has 6 heteroatoms. The van der Waals surface area contributed by atoms with Crippen LogP contribution in [0.5, 0.6) is 5.75 Å². The maximum Gasteiger partial charge on any atom is 0.191 e. The standard InChI is InChI=1S/C20H31N3O2.HI/c1-3-21-20(23-13-18-5-4-10-24-18)22-12-17-9-6-15(2)11-19(17)25-14-16-7-8-16;/h6,9,11,16,18H,3-5,7-8,10,12-14H2,1-2H3,(H2,21,22,23);1H. The third-order valence-electron chi connectivity index (χ3n) is 4.67. The Morgan fingerprint density at radius 3 is 2.81 bits per heavy atom. The van der Waals surface area contributed by atoms with Gasteiger partial charge in [-0.3, -0.25) is 0 Å². The summed E-state index contributed by atoms with van der Waals surface area (Å²) in [7, 11) is 0. The zero-order chi connectivity index (χ0) is 17.5. The molecule has 2 aliphatic rings. The predicted octanol–water partition coefficient (Wildman–Crippen LogP) is 3.64. The van der Waals surface area contributed by atoms with Crippen molar-refractivity contribution in [3.8, 4) is 5.75 Å². The summed E-state index contributed by atoms with van der Waals surface area (Å²) in [5, 5.41) is 6.71. The molecule has 1 aromatic rings. The molecule has 0 bridgehead atoms. The average molecular weight is 473 g/mol. The fraction of sp³-hybridized carbons (Fsp3) is 0.650. The summed E-state index contributed by atoms with van der Waals surface area (Å²) in [5.41, 5.74) is 2.36. The molecular formula is C20H32IN3O2. The van der Waals surface area contributed by atoms with Gasteiger partial charge in [0.2, 0.25) is 0 Å². The molecule has 1 unspecified atom stereocenters. The molecule has 1 aromatic carbocycles. The highest BCUT2D eigenvalue weighted by atomic mass is 127. The van der Waals surface area contributed by atoms with Gasteiger partial charge in [0.15, 0.2) is 5.96 Å². The second-order valence-electron chi connectivity index (χ2n) is 7.08. The van der Waals surface area contributed by atoms with Crippen LogP contribution in [0.15, 0.2) is 23.2 Å². The minimum Gasteiger partial charge on any atom is -0.493 e. The summed E-state index contributed by atoms with van der Waals surface area (Å²) in [6.07, 6.45) is 5.20. The quantitative estimate of drug-likeness (QED) is 0.344. The number of hydrogen-bond donors (Lipinski definition) is 2. The molecule has 1 aliphatic carbocycles. The third kappa shape index (κ3) is 6.95. The Morgan fingerprint density at radius 2 is 2.12 bits per heavy atom. The Bertz CT molecular complexity index is 584. The van der Waals surface area contributed by atoms with Crippen molar-refractivity contribution in [2.24, 2.45) is 10.9 Å². The van der Waals surface area contributed by atoms with Gasteiger partial charge < -0.3 is 20.1 Å². The van der Waals surface area contributed by atoms with Crippen LogP contribution in [0.3, 0.4) is 0 Å². The van der Waals surface area contributed by atoms with Crippen LogP contribution in [-0.4, -0.2) is 38.4 Å². The summed E-state index contributed by atoms with van der Waals surface area (Å²) in [6.45, 7) is 8.16. The monoisotopic (exact) mass is 473 g/mol. The lowest BCUT2D eigenvalue weighted by Gasteiger charge is -2.15. The second-order valence-corrected chi connectivity index (χ2v) is 7.08. The molecule has 0 amide bonds. The van der Waals surface area contributed by atoms with Gasteiger partial charge in [-0.15, -0.1) is 24.0 Å². The Kier molecular flexibility index (Phi) is 8.98. The molecule has 146 valence electrons. The zero-order valence-electron chi connectivity index (χ0n) is 15.9. The van der Waals surface area contributed by atoms with Crippen LogP contribution in [0.2, 0.25) is 0 Å². The number of aryl methyl sites for hydroxylation is 1. The van der Waals surface area contributed by atoms with Gasteiger partial charge in [-0.05, 0) is 57.1 Å². The number of ether oxygens (including phenoxy) is 2. The van der Waals surface area contributed by atoms with Gasteiger partial charge in [0.1, 0.15) is 5.75 Å². The van der Waals surface area contributed by atoms with Crippen molar-refractivity contribution in [2.45, 2.75) is 52.2 Å². The number of rotatable bonds is 8. The number of nitrogens with one attached hydrogen (secondary N) is 2. The molecule has 1 aliphatic heterocycles. The van der Waals surface area contributed by atoms with E-state index < -0.39 is 0 Å². The minimum atomic E-state index is 0. The summed E-state index contributed by atoms with van der Waals surface area (Å²) >= 11 is 0. The maximum absolute atomic E-state index is 6.05. The van der Waals surface area contributed by atoms with Gasteiger partial charge in [-0.2, -0.15) is 0 Å². The average Bonchev–Trinajstić information content (AvgIpc) is 3.30. The van der Waals surface area contributed by atoms with Gasteiger partial charge in [0, 0.05) is 25.3 Å². The van der Waals surface area contributed by atoms with E-state index >= 15 is 0 Å². The Labute approximate surface area is 174 Å². The summed E-state index contributed by atoms with van der Waals surface area (Å²) in [5.74, 6) is 2.57. The molecule has 1 saturated heterocycles. The van der Waals surface area contributed by atoms with Crippen LogP contribution in [-0.2, 0) is 11.3 Å². The topological polar surface area (TPSA) is 54.9 Å². The number of nitrogens with zero attached hydrogens (tertiary/aromatic N) is 1. The molecule has 2 N–H and O–H groups in total. The summed E-state index contributed by atoms with van der Waals surface area (Å²) in [6, 6.07) is 6.38. The van der Waals surface area contributed by atoms with Crippen molar-refractivity contribution >= 4 is 29.9 Å². The van der Waals surface area contributed by atoms with Crippen molar-refractivity contribution < 1.29 is 9.47 Å². The van der Waals surface area contributed by atoms with Crippen molar-refractivity contribution in [1.82, 2.24) is 10.6 Å². The van der Waals surface area contributed by atoms with Gasteiger partial charge in [-0.1, -0.05) is 12.1 Å². The molecule has 2 fully saturated rings. The highest BCUT2D eigenvalue weighted by Crippen LogP contribution is 2.30. The molecule has 26 heavy (non-hydrogen) atoms. The van der Waals surface area contributed by atoms with Gasteiger partial charge in [0.05, 0.1) is 19.3 Å². The van der Waals surface area contributed by atoms with E-state index in [1.165, 1.54) is 18.4 Å². The highest BCUT2D eigenvalue weighted by molar-refractivity contribution is 14.0. The normalized spacial score (nSPS) is 19.8. The van der Waals surface area contributed by atoms with Crippen LogP contribution in [0.25, 0.3) is 0 Å². The first-order valence-electron chi connectivity index (χ1n) is 9.60. The lowest BCUT2D eigenvalue weighted by molar-refractivity contribution is 0.114. The first-order valence-corrected chi connectivity index (χ1v) is 9.60. The molecule has 5 nitrogen and oxygen atoms in total. The lowest BCUT2D eigenvalue weighted by Crippen LogP contribution is -2.41.